The van der Waals surface area contributed by atoms with Crippen molar-refractivity contribution in [2.45, 2.75) is 6.42 Å². The number of carbonyl (C=O) groups is 1. The average Bonchev–Trinajstić information content (AvgIpc) is 2.60. The summed E-state index contributed by atoms with van der Waals surface area (Å²) in [5.41, 5.74) is 0.151. The highest BCUT2D eigenvalue weighted by Crippen LogP contribution is 2.18. The van der Waals surface area contributed by atoms with Crippen molar-refractivity contribution in [1.29, 1.82) is 0 Å². The van der Waals surface area contributed by atoms with E-state index in [1.54, 1.807) is 4.90 Å². The van der Waals surface area contributed by atoms with Gasteiger partial charge in [0, 0.05) is 18.8 Å². The Hall–Kier alpha value is -0.810. The quantitative estimate of drug-likeness (QED) is 0.738. The van der Waals surface area contributed by atoms with Gasteiger partial charge in [-0.3, -0.25) is 4.79 Å². The molecule has 0 unspecified atom stereocenters. The summed E-state index contributed by atoms with van der Waals surface area (Å²) in [5.74, 6) is 1.19. The molecule has 92 valence electrons. The first kappa shape index (κ1) is 12.6. The molecule has 0 spiro atoms. The minimum atomic E-state index is -0.540. The number of hydrogen-bond donors (Lipinski definition) is 0. The van der Waals surface area contributed by atoms with Gasteiger partial charge in [-0.1, -0.05) is 11.6 Å². The zero-order chi connectivity index (χ0) is 12.3. The number of aromatic nitrogens is 1. The van der Waals surface area contributed by atoms with Crippen LogP contribution in [-0.4, -0.2) is 40.4 Å². The van der Waals surface area contributed by atoms with Crippen molar-refractivity contribution in [3.63, 3.8) is 0 Å². The predicted octanol–water partition coefficient (Wildman–Crippen LogP) is 2.45. The van der Waals surface area contributed by atoms with Crippen molar-refractivity contribution in [3.8, 4) is 0 Å². The Morgan fingerprint density at radius 1 is 1.47 bits per heavy atom. The van der Waals surface area contributed by atoms with Crippen LogP contribution in [0.25, 0.3) is 0 Å². The molecular weight excluding hydrogens is 263 g/mol. The maximum atomic E-state index is 13.1. The summed E-state index contributed by atoms with van der Waals surface area (Å²) in [6.07, 6.45) is 1.97. The zero-order valence-electron chi connectivity index (χ0n) is 9.16. The summed E-state index contributed by atoms with van der Waals surface area (Å²) in [7, 11) is 0. The molecule has 0 radical (unpaired) electrons. The first-order valence-electron chi connectivity index (χ1n) is 5.36. The molecule has 1 aliphatic rings. The Morgan fingerprint density at radius 3 is 3.12 bits per heavy atom. The lowest BCUT2D eigenvalue weighted by Crippen LogP contribution is -2.33. The number of carbonyl (C=O) groups excluding carboxylic acids is 1. The number of hydrogen-bond acceptors (Lipinski definition) is 3. The maximum Gasteiger partial charge on any atom is 0.257 e. The monoisotopic (exact) mass is 274 g/mol. The minimum Gasteiger partial charge on any atom is -0.338 e. The first-order chi connectivity index (χ1) is 8.18. The van der Waals surface area contributed by atoms with E-state index < -0.39 is 5.82 Å². The molecule has 1 saturated heterocycles. The van der Waals surface area contributed by atoms with Crippen LogP contribution >= 0.6 is 23.4 Å². The summed E-state index contributed by atoms with van der Waals surface area (Å²) in [5, 5.41) is 0.0632. The topological polar surface area (TPSA) is 33.2 Å². The molecule has 17 heavy (non-hydrogen) atoms. The molecular formula is C11H12ClFN2OS. The van der Waals surface area contributed by atoms with E-state index in [1.807, 2.05) is 11.8 Å². The molecule has 0 bridgehead atoms. The molecule has 1 aliphatic heterocycles. The molecule has 0 saturated carbocycles. The molecule has 1 amide bonds. The van der Waals surface area contributed by atoms with Crippen molar-refractivity contribution in [3.05, 3.63) is 28.8 Å². The fourth-order valence-electron chi connectivity index (χ4n) is 1.69. The van der Waals surface area contributed by atoms with Gasteiger partial charge in [0.1, 0.15) is 11.0 Å². The second kappa shape index (κ2) is 5.69. The Labute approximate surface area is 108 Å². The highest BCUT2D eigenvalue weighted by molar-refractivity contribution is 7.99. The summed E-state index contributed by atoms with van der Waals surface area (Å²) >= 11 is 7.64. The smallest absolute Gasteiger partial charge is 0.257 e. The van der Waals surface area contributed by atoms with Gasteiger partial charge in [-0.05, 0) is 18.2 Å². The van der Waals surface area contributed by atoms with Crippen molar-refractivity contribution in [2.24, 2.45) is 0 Å². The van der Waals surface area contributed by atoms with Crippen LogP contribution < -0.4 is 0 Å². The van der Waals surface area contributed by atoms with Crippen LogP contribution in [0.15, 0.2) is 12.3 Å². The van der Waals surface area contributed by atoms with E-state index in [0.717, 1.165) is 30.2 Å². The number of rotatable bonds is 1. The van der Waals surface area contributed by atoms with E-state index >= 15 is 0 Å². The van der Waals surface area contributed by atoms with Crippen LogP contribution in [0.2, 0.25) is 5.15 Å². The fraction of sp³-hybridized carbons (Fsp3) is 0.455. The lowest BCUT2D eigenvalue weighted by molar-refractivity contribution is 0.0768. The van der Waals surface area contributed by atoms with Gasteiger partial charge in [-0.2, -0.15) is 11.8 Å². The van der Waals surface area contributed by atoms with E-state index in [2.05, 4.69) is 4.98 Å². The molecule has 1 fully saturated rings. The van der Waals surface area contributed by atoms with Crippen molar-refractivity contribution in [2.75, 3.05) is 24.6 Å². The van der Waals surface area contributed by atoms with Crippen LogP contribution in [0.3, 0.4) is 0 Å². The number of nitrogens with zero attached hydrogens (tertiary/aromatic N) is 2. The van der Waals surface area contributed by atoms with Gasteiger partial charge in [-0.25, -0.2) is 9.37 Å². The molecule has 2 rings (SSSR count). The minimum absolute atomic E-state index is 0.0632. The molecule has 1 aromatic rings. The highest BCUT2D eigenvalue weighted by atomic mass is 35.5. The lowest BCUT2D eigenvalue weighted by Gasteiger charge is -2.20. The van der Waals surface area contributed by atoms with Crippen LogP contribution in [0.1, 0.15) is 16.8 Å². The van der Waals surface area contributed by atoms with Crippen LogP contribution in [-0.2, 0) is 0 Å². The number of amides is 1. The summed E-state index contributed by atoms with van der Waals surface area (Å²) in [6.45, 7) is 1.37. The molecule has 0 aliphatic carbocycles. The molecule has 0 N–H and O–H groups in total. The molecule has 2 heterocycles. The summed E-state index contributed by atoms with van der Waals surface area (Å²) < 4.78 is 13.1. The van der Waals surface area contributed by atoms with E-state index in [1.165, 1.54) is 0 Å². The maximum absolute atomic E-state index is 13.1. The Kier molecular flexibility index (Phi) is 4.23. The van der Waals surface area contributed by atoms with E-state index in [4.69, 9.17) is 11.6 Å². The fourth-order valence-corrected chi connectivity index (χ4v) is 2.76. The van der Waals surface area contributed by atoms with Gasteiger partial charge < -0.3 is 4.90 Å². The third-order valence-electron chi connectivity index (χ3n) is 2.55. The standard InChI is InChI=1S/C11H12ClFN2OS/c12-10-9(6-8(13)7-14-10)11(16)15-2-1-4-17-5-3-15/h6-7H,1-5H2. The Morgan fingerprint density at radius 2 is 2.29 bits per heavy atom. The van der Waals surface area contributed by atoms with Gasteiger partial charge in [0.25, 0.3) is 5.91 Å². The lowest BCUT2D eigenvalue weighted by atomic mass is 10.2. The van der Waals surface area contributed by atoms with Crippen LogP contribution in [0.5, 0.6) is 0 Å². The first-order valence-corrected chi connectivity index (χ1v) is 6.90. The molecule has 0 aromatic carbocycles. The van der Waals surface area contributed by atoms with E-state index in [9.17, 15) is 9.18 Å². The van der Waals surface area contributed by atoms with E-state index in [-0.39, 0.29) is 16.6 Å². The Balaban J connectivity index is 2.20. The SMILES string of the molecule is O=C(c1cc(F)cnc1Cl)N1CCCSCC1. The third-order valence-corrected chi connectivity index (χ3v) is 3.90. The van der Waals surface area contributed by atoms with E-state index in [0.29, 0.717) is 13.1 Å². The second-order valence-corrected chi connectivity index (χ2v) is 5.33. The largest absolute Gasteiger partial charge is 0.338 e. The average molecular weight is 275 g/mol. The van der Waals surface area contributed by atoms with Gasteiger partial charge >= 0.3 is 0 Å². The Bertz CT molecular complexity index is 422. The third kappa shape index (κ3) is 3.10. The number of pyridine rings is 1. The normalized spacial score (nSPS) is 16.7. The van der Waals surface area contributed by atoms with Crippen molar-refractivity contribution >= 4 is 29.3 Å². The van der Waals surface area contributed by atoms with Gasteiger partial charge in [-0.15, -0.1) is 0 Å². The number of halogens is 2. The zero-order valence-corrected chi connectivity index (χ0v) is 10.7. The van der Waals surface area contributed by atoms with Gasteiger partial charge in [0.15, 0.2) is 0 Å². The second-order valence-electron chi connectivity index (χ2n) is 3.75. The summed E-state index contributed by atoms with van der Waals surface area (Å²) in [6, 6.07) is 1.15. The van der Waals surface area contributed by atoms with Crippen molar-refractivity contribution < 1.29 is 9.18 Å². The predicted molar refractivity (Wildman–Crippen MR) is 67.1 cm³/mol. The summed E-state index contributed by atoms with van der Waals surface area (Å²) in [4.78, 5) is 17.5. The molecule has 0 atom stereocenters. The van der Waals surface area contributed by atoms with Crippen LogP contribution in [0.4, 0.5) is 4.39 Å². The van der Waals surface area contributed by atoms with Gasteiger partial charge in [0.2, 0.25) is 0 Å². The highest BCUT2D eigenvalue weighted by Gasteiger charge is 2.20. The van der Waals surface area contributed by atoms with Crippen molar-refractivity contribution in [1.82, 2.24) is 9.88 Å². The molecule has 3 nitrogen and oxygen atoms in total. The molecule has 6 heteroatoms. The van der Waals surface area contributed by atoms with Crippen LogP contribution in [0, 0.1) is 5.82 Å². The van der Waals surface area contributed by atoms with Gasteiger partial charge in [0.05, 0.1) is 11.8 Å². The molecule has 1 aromatic heterocycles. The number of thioether (sulfide) groups is 1.